The van der Waals surface area contributed by atoms with Gasteiger partial charge in [0.2, 0.25) is 5.91 Å². The minimum atomic E-state index is -0.410. The molecule has 82 valence electrons. The Morgan fingerprint density at radius 3 is 2.87 bits per heavy atom. The van der Waals surface area contributed by atoms with Gasteiger partial charge in [-0.25, -0.2) is 0 Å². The van der Waals surface area contributed by atoms with Crippen LogP contribution in [0.4, 0.5) is 0 Å². The number of nitrogens with zero attached hydrogens (tertiary/aromatic N) is 3. The maximum atomic E-state index is 11.5. The zero-order valence-electron chi connectivity index (χ0n) is 9.28. The highest BCUT2D eigenvalue weighted by Crippen LogP contribution is 2.37. The summed E-state index contributed by atoms with van der Waals surface area (Å²) in [7, 11) is 0. The fraction of sp³-hybridized carbons (Fsp3) is 0.700. The summed E-state index contributed by atoms with van der Waals surface area (Å²) >= 11 is 0. The maximum absolute atomic E-state index is 11.5. The van der Waals surface area contributed by atoms with Crippen LogP contribution >= 0.6 is 0 Å². The van der Waals surface area contributed by atoms with E-state index in [2.05, 4.69) is 10.1 Å². The Morgan fingerprint density at radius 1 is 1.60 bits per heavy atom. The number of amides is 1. The molecule has 0 unspecified atom stereocenters. The molecule has 1 atom stereocenters. The first-order chi connectivity index (χ1) is 7.04. The Labute approximate surface area is 88.5 Å². The van der Waals surface area contributed by atoms with Gasteiger partial charge in [-0.1, -0.05) is 5.16 Å². The van der Waals surface area contributed by atoms with Gasteiger partial charge in [0, 0.05) is 13.5 Å². The van der Waals surface area contributed by atoms with Gasteiger partial charge in [-0.2, -0.15) is 4.98 Å². The third-order valence-corrected chi connectivity index (χ3v) is 3.01. The van der Waals surface area contributed by atoms with Gasteiger partial charge in [-0.3, -0.25) is 4.79 Å². The van der Waals surface area contributed by atoms with Crippen LogP contribution in [0.25, 0.3) is 0 Å². The summed E-state index contributed by atoms with van der Waals surface area (Å²) in [6, 6.07) is 0. The summed E-state index contributed by atoms with van der Waals surface area (Å²) in [5.74, 6) is 1.22. The van der Waals surface area contributed by atoms with Crippen LogP contribution in [-0.4, -0.2) is 27.5 Å². The van der Waals surface area contributed by atoms with Gasteiger partial charge in [0.15, 0.2) is 5.82 Å². The number of aromatic nitrogens is 2. The van der Waals surface area contributed by atoms with E-state index in [1.165, 1.54) is 0 Å². The second kappa shape index (κ2) is 3.32. The van der Waals surface area contributed by atoms with Crippen molar-refractivity contribution in [2.24, 2.45) is 0 Å². The van der Waals surface area contributed by atoms with E-state index in [-0.39, 0.29) is 5.91 Å². The smallest absolute Gasteiger partial charge is 0.252 e. The molecule has 2 rings (SSSR count). The molecule has 0 spiro atoms. The molecule has 1 aliphatic rings. The monoisotopic (exact) mass is 209 g/mol. The van der Waals surface area contributed by atoms with E-state index in [1.54, 1.807) is 18.7 Å². The first-order valence-corrected chi connectivity index (χ1v) is 5.13. The summed E-state index contributed by atoms with van der Waals surface area (Å²) in [5.41, 5.74) is -0.410. The van der Waals surface area contributed by atoms with E-state index in [4.69, 9.17) is 4.52 Å². The molecule has 15 heavy (non-hydrogen) atoms. The van der Waals surface area contributed by atoms with Gasteiger partial charge >= 0.3 is 0 Å². The van der Waals surface area contributed by atoms with Gasteiger partial charge in [0.05, 0.1) is 0 Å². The van der Waals surface area contributed by atoms with E-state index < -0.39 is 5.54 Å². The highest BCUT2D eigenvalue weighted by Gasteiger charge is 2.44. The topological polar surface area (TPSA) is 59.2 Å². The molecule has 5 nitrogen and oxygen atoms in total. The molecule has 0 radical (unpaired) electrons. The Balaban J connectivity index is 2.36. The minimum Gasteiger partial charge on any atom is -0.337 e. The molecule has 1 fully saturated rings. The maximum Gasteiger partial charge on any atom is 0.252 e. The molecule has 0 aromatic carbocycles. The van der Waals surface area contributed by atoms with Crippen LogP contribution in [0.2, 0.25) is 0 Å². The van der Waals surface area contributed by atoms with E-state index >= 15 is 0 Å². The standard InChI is InChI=1S/C10H15N3O2/c1-7-11-9(15-12-7)10(3)5-4-6-13(10)8(2)14/h4-6H2,1-3H3/t10-/m0/s1. The number of likely N-dealkylation sites (tertiary alicyclic amines) is 1. The zero-order chi connectivity index (χ0) is 11.1. The van der Waals surface area contributed by atoms with Crippen molar-refractivity contribution in [3.05, 3.63) is 11.7 Å². The molecule has 1 aromatic rings. The predicted octanol–water partition coefficient (Wildman–Crippen LogP) is 1.24. The third kappa shape index (κ3) is 1.52. The fourth-order valence-corrected chi connectivity index (χ4v) is 2.21. The first kappa shape index (κ1) is 10.1. The number of rotatable bonds is 1. The molecular weight excluding hydrogens is 194 g/mol. The van der Waals surface area contributed by atoms with Crippen molar-refractivity contribution in [2.75, 3.05) is 6.54 Å². The third-order valence-electron chi connectivity index (χ3n) is 3.01. The summed E-state index contributed by atoms with van der Waals surface area (Å²) in [4.78, 5) is 17.5. The lowest BCUT2D eigenvalue weighted by Crippen LogP contribution is -2.41. The molecule has 2 heterocycles. The SMILES string of the molecule is CC(=O)N1CCC[C@@]1(C)c1nc(C)no1. The molecule has 5 heteroatoms. The number of carbonyl (C=O) groups excluding carboxylic acids is 1. The van der Waals surface area contributed by atoms with E-state index in [1.807, 2.05) is 6.92 Å². The molecule has 0 bridgehead atoms. The van der Waals surface area contributed by atoms with Crippen LogP contribution in [0, 0.1) is 6.92 Å². The van der Waals surface area contributed by atoms with Crippen LogP contribution in [-0.2, 0) is 10.3 Å². The second-order valence-electron chi connectivity index (χ2n) is 4.19. The largest absolute Gasteiger partial charge is 0.337 e. The van der Waals surface area contributed by atoms with E-state index in [0.29, 0.717) is 11.7 Å². The highest BCUT2D eigenvalue weighted by atomic mass is 16.5. The van der Waals surface area contributed by atoms with Crippen LogP contribution in [0.1, 0.15) is 38.4 Å². The summed E-state index contributed by atoms with van der Waals surface area (Å²) < 4.78 is 5.18. The lowest BCUT2D eigenvalue weighted by Gasteiger charge is -2.30. The quantitative estimate of drug-likeness (QED) is 0.698. The normalized spacial score (nSPS) is 25.9. The summed E-state index contributed by atoms with van der Waals surface area (Å²) in [6.45, 7) is 6.11. The second-order valence-corrected chi connectivity index (χ2v) is 4.19. The van der Waals surface area contributed by atoms with Crippen molar-refractivity contribution >= 4 is 5.91 Å². The van der Waals surface area contributed by atoms with Crippen molar-refractivity contribution in [2.45, 2.75) is 39.2 Å². The number of aryl methyl sites for hydroxylation is 1. The van der Waals surface area contributed by atoms with Gasteiger partial charge in [0.25, 0.3) is 5.89 Å². The Hall–Kier alpha value is -1.39. The molecule has 0 N–H and O–H groups in total. The van der Waals surface area contributed by atoms with Crippen LogP contribution in [0.15, 0.2) is 4.52 Å². The van der Waals surface area contributed by atoms with Gasteiger partial charge in [-0.15, -0.1) is 0 Å². The van der Waals surface area contributed by atoms with Crippen molar-refractivity contribution in [3.8, 4) is 0 Å². The molecule has 1 amide bonds. The fourth-order valence-electron chi connectivity index (χ4n) is 2.21. The van der Waals surface area contributed by atoms with Gasteiger partial charge in [-0.05, 0) is 26.7 Å². The highest BCUT2D eigenvalue weighted by molar-refractivity contribution is 5.74. The summed E-state index contributed by atoms with van der Waals surface area (Å²) in [6.07, 6.45) is 1.87. The average molecular weight is 209 g/mol. The van der Waals surface area contributed by atoms with E-state index in [0.717, 1.165) is 19.4 Å². The lowest BCUT2D eigenvalue weighted by molar-refractivity contribution is -0.133. The predicted molar refractivity (Wildman–Crippen MR) is 53.0 cm³/mol. The van der Waals surface area contributed by atoms with Gasteiger partial charge in [0.1, 0.15) is 5.54 Å². The van der Waals surface area contributed by atoms with Crippen molar-refractivity contribution in [3.63, 3.8) is 0 Å². The number of hydrogen-bond acceptors (Lipinski definition) is 4. The van der Waals surface area contributed by atoms with Crippen LogP contribution < -0.4 is 0 Å². The van der Waals surface area contributed by atoms with Crippen molar-refractivity contribution in [1.82, 2.24) is 15.0 Å². The molecule has 1 aromatic heterocycles. The number of carbonyl (C=O) groups is 1. The van der Waals surface area contributed by atoms with Crippen molar-refractivity contribution < 1.29 is 9.32 Å². The first-order valence-electron chi connectivity index (χ1n) is 5.13. The van der Waals surface area contributed by atoms with Crippen LogP contribution in [0.3, 0.4) is 0 Å². The minimum absolute atomic E-state index is 0.0610. The molecule has 1 aliphatic heterocycles. The lowest BCUT2D eigenvalue weighted by atomic mass is 9.99. The Bertz CT molecular complexity index is 388. The van der Waals surface area contributed by atoms with E-state index in [9.17, 15) is 4.79 Å². The Kier molecular flexibility index (Phi) is 2.25. The molecular formula is C10H15N3O2. The summed E-state index contributed by atoms with van der Waals surface area (Å²) in [5, 5.41) is 3.78. The van der Waals surface area contributed by atoms with Crippen molar-refractivity contribution in [1.29, 1.82) is 0 Å². The molecule has 0 aliphatic carbocycles. The van der Waals surface area contributed by atoms with Crippen LogP contribution in [0.5, 0.6) is 0 Å². The average Bonchev–Trinajstić information content (AvgIpc) is 2.72. The molecule has 1 saturated heterocycles. The molecule has 0 saturated carbocycles. The Morgan fingerprint density at radius 2 is 2.33 bits per heavy atom. The number of hydrogen-bond donors (Lipinski definition) is 0. The van der Waals surface area contributed by atoms with Gasteiger partial charge < -0.3 is 9.42 Å². The zero-order valence-corrected chi connectivity index (χ0v) is 9.28.